The average Bonchev–Trinajstić information content (AvgIpc) is 2.45. The highest BCUT2D eigenvalue weighted by Gasteiger charge is 2.16. The van der Waals surface area contributed by atoms with Crippen LogP contribution in [0, 0.1) is 6.92 Å². The van der Waals surface area contributed by atoms with Gasteiger partial charge in [-0.3, -0.25) is 9.78 Å². The second-order valence-corrected chi connectivity index (χ2v) is 5.27. The first-order chi connectivity index (χ1) is 10.4. The van der Waals surface area contributed by atoms with Crippen LogP contribution in [0.5, 0.6) is 5.75 Å². The van der Waals surface area contributed by atoms with Crippen LogP contribution in [-0.4, -0.2) is 16.2 Å². The molecule has 4 nitrogen and oxygen atoms in total. The van der Waals surface area contributed by atoms with Crippen molar-refractivity contribution in [2.45, 2.75) is 13.5 Å². The van der Waals surface area contributed by atoms with E-state index in [0.717, 1.165) is 0 Å². The Hall–Kier alpha value is -2.21. The first kappa shape index (κ1) is 14.7. The lowest BCUT2D eigenvalue weighted by molar-refractivity contribution is -0.0496. The number of pyridine rings is 2. The molecule has 114 valence electrons. The van der Waals surface area contributed by atoms with Gasteiger partial charge in [-0.1, -0.05) is 11.6 Å². The number of hydrogen-bond donors (Lipinski definition) is 0. The third-order valence-electron chi connectivity index (χ3n) is 3.58. The lowest BCUT2D eigenvalue weighted by atomic mass is 10.1. The van der Waals surface area contributed by atoms with Gasteiger partial charge in [0.2, 0.25) is 0 Å². The summed E-state index contributed by atoms with van der Waals surface area (Å²) in [6.07, 6.45) is 1.57. The largest absolute Gasteiger partial charge is 0.433 e. The molecule has 0 saturated heterocycles. The molecule has 2 aromatic heterocycles. The zero-order valence-corrected chi connectivity index (χ0v) is 12.5. The number of fused-ring (bicyclic) bond motifs is 3. The third kappa shape index (κ3) is 2.20. The summed E-state index contributed by atoms with van der Waals surface area (Å²) in [4.78, 5) is 16.6. The maximum absolute atomic E-state index is 12.5. The van der Waals surface area contributed by atoms with E-state index in [1.54, 1.807) is 26.2 Å². The topological polar surface area (TPSA) is 44.1 Å². The van der Waals surface area contributed by atoms with Gasteiger partial charge in [0.25, 0.3) is 5.56 Å². The zero-order chi connectivity index (χ0) is 16.0. The van der Waals surface area contributed by atoms with Crippen molar-refractivity contribution in [3.8, 4) is 5.75 Å². The molecule has 3 aromatic rings. The predicted molar refractivity (Wildman–Crippen MR) is 80.9 cm³/mol. The Morgan fingerprint density at radius 3 is 2.73 bits per heavy atom. The van der Waals surface area contributed by atoms with Crippen molar-refractivity contribution in [3.63, 3.8) is 0 Å². The Bertz CT molecular complexity index is 954. The Kier molecular flexibility index (Phi) is 3.48. The van der Waals surface area contributed by atoms with Gasteiger partial charge in [0.1, 0.15) is 5.75 Å². The van der Waals surface area contributed by atoms with Crippen molar-refractivity contribution in [2.24, 2.45) is 7.05 Å². The number of halogens is 3. The van der Waals surface area contributed by atoms with Gasteiger partial charge in [-0.05, 0) is 25.1 Å². The smallest absolute Gasteiger partial charge is 0.387 e. The molecule has 2 heterocycles. The minimum Gasteiger partial charge on any atom is -0.433 e. The van der Waals surface area contributed by atoms with Crippen molar-refractivity contribution in [1.82, 2.24) is 9.55 Å². The van der Waals surface area contributed by atoms with E-state index in [1.165, 1.54) is 16.7 Å². The van der Waals surface area contributed by atoms with Crippen LogP contribution < -0.4 is 10.3 Å². The summed E-state index contributed by atoms with van der Waals surface area (Å²) in [5.41, 5.74) is 0.896. The lowest BCUT2D eigenvalue weighted by Gasteiger charge is -2.13. The van der Waals surface area contributed by atoms with E-state index in [1.807, 2.05) is 0 Å². The van der Waals surface area contributed by atoms with E-state index in [-0.39, 0.29) is 16.3 Å². The summed E-state index contributed by atoms with van der Waals surface area (Å²) >= 11 is 5.97. The van der Waals surface area contributed by atoms with E-state index in [9.17, 15) is 13.6 Å². The van der Waals surface area contributed by atoms with Crippen molar-refractivity contribution >= 4 is 33.3 Å². The van der Waals surface area contributed by atoms with Crippen LogP contribution in [-0.2, 0) is 7.05 Å². The molecule has 3 rings (SSSR count). The van der Waals surface area contributed by atoms with E-state index in [4.69, 9.17) is 11.6 Å². The second kappa shape index (κ2) is 5.21. The molecule has 0 aliphatic carbocycles. The molecular weight excluding hydrogens is 314 g/mol. The Morgan fingerprint density at radius 2 is 2.05 bits per heavy atom. The molecule has 0 aliphatic rings. The van der Waals surface area contributed by atoms with Gasteiger partial charge in [-0.2, -0.15) is 8.78 Å². The van der Waals surface area contributed by atoms with Gasteiger partial charge in [0, 0.05) is 24.0 Å². The van der Waals surface area contributed by atoms with E-state index < -0.39 is 6.61 Å². The molecule has 0 unspecified atom stereocenters. The summed E-state index contributed by atoms with van der Waals surface area (Å²) in [6.45, 7) is -1.25. The van der Waals surface area contributed by atoms with E-state index in [0.29, 0.717) is 27.4 Å². The van der Waals surface area contributed by atoms with Crippen molar-refractivity contribution in [3.05, 3.63) is 45.5 Å². The Labute approximate surface area is 128 Å². The van der Waals surface area contributed by atoms with Crippen LogP contribution in [0.2, 0.25) is 5.02 Å². The van der Waals surface area contributed by atoms with Crippen molar-refractivity contribution < 1.29 is 13.5 Å². The molecule has 0 N–H and O–H groups in total. The molecule has 0 atom stereocenters. The SMILES string of the molecule is Cc1nccc2c1c(=O)n(C)c1cc(Cl)c(OC(F)F)cc21. The van der Waals surface area contributed by atoms with Gasteiger partial charge < -0.3 is 9.30 Å². The fourth-order valence-corrected chi connectivity index (χ4v) is 2.76. The number of ether oxygens (including phenoxy) is 1. The highest BCUT2D eigenvalue weighted by molar-refractivity contribution is 6.33. The summed E-state index contributed by atoms with van der Waals surface area (Å²) in [5, 5.41) is 1.69. The minimum absolute atomic E-state index is 0.0212. The number of hydrogen-bond acceptors (Lipinski definition) is 3. The van der Waals surface area contributed by atoms with Crippen LogP contribution >= 0.6 is 11.6 Å². The fraction of sp³-hybridized carbons (Fsp3) is 0.200. The van der Waals surface area contributed by atoms with Crippen molar-refractivity contribution in [2.75, 3.05) is 0 Å². The molecular formula is C15H11ClF2N2O2. The number of aromatic nitrogens is 2. The third-order valence-corrected chi connectivity index (χ3v) is 3.87. The van der Waals surface area contributed by atoms with Crippen LogP contribution in [0.3, 0.4) is 0 Å². The van der Waals surface area contributed by atoms with Gasteiger partial charge in [0.15, 0.2) is 0 Å². The molecule has 0 amide bonds. The molecule has 7 heteroatoms. The van der Waals surface area contributed by atoms with Gasteiger partial charge >= 0.3 is 6.61 Å². The summed E-state index contributed by atoms with van der Waals surface area (Å²) in [7, 11) is 1.60. The summed E-state index contributed by atoms with van der Waals surface area (Å²) < 4.78 is 30.8. The molecule has 0 bridgehead atoms. The summed E-state index contributed by atoms with van der Waals surface area (Å²) in [5.74, 6) is -0.126. The predicted octanol–water partition coefficient (Wildman–Crippen LogP) is 3.65. The maximum atomic E-state index is 12.5. The molecule has 22 heavy (non-hydrogen) atoms. The number of aryl methyl sites for hydroxylation is 2. The summed E-state index contributed by atoms with van der Waals surface area (Å²) in [6, 6.07) is 4.54. The van der Waals surface area contributed by atoms with Gasteiger partial charge in [-0.25, -0.2) is 0 Å². The van der Waals surface area contributed by atoms with Crippen LogP contribution in [0.4, 0.5) is 8.78 Å². The fourth-order valence-electron chi connectivity index (χ4n) is 2.56. The van der Waals surface area contributed by atoms with Crippen LogP contribution in [0.25, 0.3) is 21.7 Å². The second-order valence-electron chi connectivity index (χ2n) is 4.86. The first-order valence-electron chi connectivity index (χ1n) is 6.42. The molecule has 0 spiro atoms. The molecule has 0 fully saturated rings. The first-order valence-corrected chi connectivity index (χ1v) is 6.80. The van der Waals surface area contributed by atoms with Gasteiger partial charge in [0.05, 0.1) is 21.6 Å². The highest BCUT2D eigenvalue weighted by Crippen LogP contribution is 2.33. The maximum Gasteiger partial charge on any atom is 0.387 e. The standard InChI is InChI=1S/C15H11ClF2N2O2/c1-7-13-8(3-4-19-7)9-5-12(22-15(17)18)10(16)6-11(9)20(2)14(13)21/h3-6,15H,1-2H3. The van der Waals surface area contributed by atoms with Gasteiger partial charge in [-0.15, -0.1) is 0 Å². The zero-order valence-electron chi connectivity index (χ0n) is 11.7. The molecule has 1 aromatic carbocycles. The van der Waals surface area contributed by atoms with E-state index >= 15 is 0 Å². The minimum atomic E-state index is -2.97. The number of benzene rings is 1. The normalized spacial score (nSPS) is 11.5. The van der Waals surface area contributed by atoms with Crippen LogP contribution in [0.1, 0.15) is 5.69 Å². The average molecular weight is 325 g/mol. The van der Waals surface area contributed by atoms with Crippen LogP contribution in [0.15, 0.2) is 29.2 Å². The molecule has 0 aliphatic heterocycles. The number of rotatable bonds is 2. The Balaban J connectivity index is 2.50. The molecule has 0 radical (unpaired) electrons. The number of nitrogens with zero attached hydrogens (tertiary/aromatic N) is 2. The van der Waals surface area contributed by atoms with Crippen molar-refractivity contribution in [1.29, 1.82) is 0 Å². The Morgan fingerprint density at radius 1 is 1.32 bits per heavy atom. The monoisotopic (exact) mass is 324 g/mol. The van der Waals surface area contributed by atoms with E-state index in [2.05, 4.69) is 9.72 Å². The molecule has 0 saturated carbocycles. The quantitative estimate of drug-likeness (QED) is 0.676. The lowest BCUT2D eigenvalue weighted by Crippen LogP contribution is -2.18. The highest BCUT2D eigenvalue weighted by atomic mass is 35.5. The number of alkyl halides is 2.